The van der Waals surface area contributed by atoms with Crippen molar-refractivity contribution in [2.75, 3.05) is 0 Å². The standard InChI is InChI=1S/C29H49N3O4/c1-11-14-21(6)30-26(33)25(23-17-15-19(4)16-18-23)32(22(7)13-3)27(34)24(20(5)12-2)31-28(35)36-29(8,9)10/h15-18,20-22,24-25H,11-14H2,1-10H3,(H,30,33)(H,31,35). The number of rotatable bonds is 12. The highest BCUT2D eigenvalue weighted by atomic mass is 16.6. The number of carbonyl (C=O) groups excluding carboxylic acids is 3. The van der Waals surface area contributed by atoms with E-state index < -0.39 is 23.8 Å². The zero-order valence-electron chi connectivity index (χ0n) is 24.1. The molecule has 5 unspecified atom stereocenters. The Morgan fingerprint density at radius 1 is 0.944 bits per heavy atom. The lowest BCUT2D eigenvalue weighted by Gasteiger charge is -2.39. The smallest absolute Gasteiger partial charge is 0.408 e. The third-order valence-corrected chi connectivity index (χ3v) is 6.50. The number of hydrogen-bond acceptors (Lipinski definition) is 4. The summed E-state index contributed by atoms with van der Waals surface area (Å²) in [4.78, 5) is 42.3. The third kappa shape index (κ3) is 9.47. The summed E-state index contributed by atoms with van der Waals surface area (Å²) in [5, 5.41) is 5.93. The molecule has 0 aromatic heterocycles. The van der Waals surface area contributed by atoms with Crippen LogP contribution < -0.4 is 10.6 Å². The van der Waals surface area contributed by atoms with Crippen LogP contribution in [-0.4, -0.2) is 46.5 Å². The highest BCUT2D eigenvalue weighted by Gasteiger charge is 2.40. The molecule has 204 valence electrons. The molecule has 0 bridgehead atoms. The minimum atomic E-state index is -0.826. The molecule has 0 saturated heterocycles. The average molecular weight is 504 g/mol. The van der Waals surface area contributed by atoms with E-state index in [4.69, 9.17) is 4.74 Å². The first-order valence-electron chi connectivity index (χ1n) is 13.4. The minimum Gasteiger partial charge on any atom is -0.444 e. The van der Waals surface area contributed by atoms with Gasteiger partial charge in [0.2, 0.25) is 11.8 Å². The Morgan fingerprint density at radius 3 is 2.00 bits per heavy atom. The first-order chi connectivity index (χ1) is 16.7. The molecule has 2 N–H and O–H groups in total. The topological polar surface area (TPSA) is 87.7 Å². The monoisotopic (exact) mass is 503 g/mol. The lowest BCUT2D eigenvalue weighted by atomic mass is 9.94. The number of hydrogen-bond donors (Lipinski definition) is 2. The Hall–Kier alpha value is -2.57. The Bertz CT molecular complexity index is 847. The maximum atomic E-state index is 14.2. The van der Waals surface area contributed by atoms with Gasteiger partial charge in [-0.3, -0.25) is 9.59 Å². The molecule has 0 aliphatic rings. The van der Waals surface area contributed by atoms with E-state index in [9.17, 15) is 14.4 Å². The van der Waals surface area contributed by atoms with Gasteiger partial charge in [-0.05, 0) is 65.9 Å². The van der Waals surface area contributed by atoms with Crippen LogP contribution in [0.15, 0.2) is 24.3 Å². The summed E-state index contributed by atoms with van der Waals surface area (Å²) in [6.07, 6.45) is 2.49. The molecule has 0 saturated carbocycles. The maximum Gasteiger partial charge on any atom is 0.408 e. The molecule has 1 aromatic carbocycles. The van der Waals surface area contributed by atoms with E-state index in [0.29, 0.717) is 12.8 Å². The van der Waals surface area contributed by atoms with Gasteiger partial charge in [0.05, 0.1) is 0 Å². The summed E-state index contributed by atoms with van der Waals surface area (Å²) in [5.41, 5.74) is 1.13. The second-order valence-corrected chi connectivity index (χ2v) is 11.0. The summed E-state index contributed by atoms with van der Waals surface area (Å²) in [6, 6.07) is 5.83. The molecular formula is C29H49N3O4. The number of benzene rings is 1. The molecule has 1 aromatic rings. The Labute approximate surface area is 218 Å². The molecular weight excluding hydrogens is 454 g/mol. The SMILES string of the molecule is CCCC(C)NC(=O)C(c1ccc(C)cc1)N(C(=O)C(NC(=O)OC(C)(C)C)C(C)CC)C(C)CC. The quantitative estimate of drug-likeness (QED) is 0.371. The summed E-state index contributed by atoms with van der Waals surface area (Å²) >= 11 is 0. The van der Waals surface area contributed by atoms with Crippen LogP contribution in [0.25, 0.3) is 0 Å². The van der Waals surface area contributed by atoms with Gasteiger partial charge in [-0.1, -0.05) is 70.4 Å². The van der Waals surface area contributed by atoms with Crippen LogP contribution >= 0.6 is 0 Å². The summed E-state index contributed by atoms with van der Waals surface area (Å²) in [7, 11) is 0. The predicted molar refractivity (Wildman–Crippen MR) is 146 cm³/mol. The molecule has 5 atom stereocenters. The van der Waals surface area contributed by atoms with Crippen LogP contribution in [0.2, 0.25) is 0 Å². The number of nitrogens with one attached hydrogen (secondary N) is 2. The van der Waals surface area contributed by atoms with E-state index in [1.165, 1.54) is 0 Å². The second-order valence-electron chi connectivity index (χ2n) is 11.0. The predicted octanol–water partition coefficient (Wildman–Crippen LogP) is 5.91. The van der Waals surface area contributed by atoms with Gasteiger partial charge < -0.3 is 20.3 Å². The largest absolute Gasteiger partial charge is 0.444 e. The summed E-state index contributed by atoms with van der Waals surface area (Å²) < 4.78 is 5.46. The van der Waals surface area contributed by atoms with Crippen LogP contribution in [0.1, 0.15) is 105 Å². The van der Waals surface area contributed by atoms with Crippen molar-refractivity contribution in [1.29, 1.82) is 0 Å². The van der Waals surface area contributed by atoms with Gasteiger partial charge in [0.15, 0.2) is 0 Å². The van der Waals surface area contributed by atoms with Crippen molar-refractivity contribution in [1.82, 2.24) is 15.5 Å². The van der Waals surface area contributed by atoms with Crippen LogP contribution in [0.4, 0.5) is 4.79 Å². The van der Waals surface area contributed by atoms with Gasteiger partial charge in [-0.25, -0.2) is 4.79 Å². The fourth-order valence-electron chi connectivity index (χ4n) is 4.09. The van der Waals surface area contributed by atoms with E-state index in [-0.39, 0.29) is 29.8 Å². The number of alkyl carbamates (subject to hydrolysis) is 1. The lowest BCUT2D eigenvalue weighted by molar-refractivity contribution is -0.146. The molecule has 0 aliphatic heterocycles. The number of amides is 3. The lowest BCUT2D eigenvalue weighted by Crippen LogP contribution is -2.57. The van der Waals surface area contributed by atoms with Crippen molar-refractivity contribution in [3.8, 4) is 0 Å². The molecule has 0 heterocycles. The maximum absolute atomic E-state index is 14.2. The number of aryl methyl sites for hydroxylation is 1. The fraction of sp³-hybridized carbons (Fsp3) is 0.690. The minimum absolute atomic E-state index is 0.0189. The first-order valence-corrected chi connectivity index (χ1v) is 13.4. The van der Waals surface area contributed by atoms with E-state index in [2.05, 4.69) is 17.6 Å². The van der Waals surface area contributed by atoms with E-state index in [1.807, 2.05) is 65.8 Å². The van der Waals surface area contributed by atoms with Gasteiger partial charge >= 0.3 is 6.09 Å². The van der Waals surface area contributed by atoms with E-state index in [1.54, 1.807) is 25.7 Å². The fourth-order valence-corrected chi connectivity index (χ4v) is 4.09. The molecule has 7 nitrogen and oxygen atoms in total. The van der Waals surface area contributed by atoms with E-state index >= 15 is 0 Å². The Morgan fingerprint density at radius 2 is 1.53 bits per heavy atom. The van der Waals surface area contributed by atoms with Gasteiger partial charge in [0.25, 0.3) is 0 Å². The van der Waals surface area contributed by atoms with Crippen LogP contribution in [0.3, 0.4) is 0 Å². The van der Waals surface area contributed by atoms with Gasteiger partial charge in [0, 0.05) is 12.1 Å². The Kier molecular flexibility index (Phi) is 12.4. The molecule has 0 aliphatic carbocycles. The summed E-state index contributed by atoms with van der Waals surface area (Å²) in [5.74, 6) is -0.653. The van der Waals surface area contributed by atoms with Crippen LogP contribution in [0.5, 0.6) is 0 Å². The molecule has 3 amide bonds. The number of nitrogens with zero attached hydrogens (tertiary/aromatic N) is 1. The van der Waals surface area contributed by atoms with Crippen molar-refractivity contribution in [3.05, 3.63) is 35.4 Å². The highest BCUT2D eigenvalue weighted by Crippen LogP contribution is 2.28. The molecule has 1 rings (SSSR count). The average Bonchev–Trinajstić information content (AvgIpc) is 2.79. The zero-order valence-corrected chi connectivity index (χ0v) is 24.1. The van der Waals surface area contributed by atoms with Crippen LogP contribution in [-0.2, 0) is 14.3 Å². The van der Waals surface area contributed by atoms with Crippen molar-refractivity contribution in [3.63, 3.8) is 0 Å². The molecule has 0 fully saturated rings. The van der Waals surface area contributed by atoms with Gasteiger partial charge in [-0.15, -0.1) is 0 Å². The highest BCUT2D eigenvalue weighted by molar-refractivity contribution is 5.92. The number of ether oxygens (including phenoxy) is 1. The molecule has 0 radical (unpaired) electrons. The summed E-state index contributed by atoms with van der Waals surface area (Å²) in [6.45, 7) is 19.3. The van der Waals surface area contributed by atoms with Crippen molar-refractivity contribution < 1.29 is 19.1 Å². The molecule has 7 heteroatoms. The first kappa shape index (κ1) is 31.5. The normalized spacial score (nSPS) is 15.7. The second kappa shape index (κ2) is 14.2. The van der Waals surface area contributed by atoms with Crippen LogP contribution in [0, 0.1) is 12.8 Å². The van der Waals surface area contributed by atoms with Gasteiger partial charge in [-0.2, -0.15) is 0 Å². The van der Waals surface area contributed by atoms with Gasteiger partial charge in [0.1, 0.15) is 17.7 Å². The Balaban J connectivity index is 3.54. The number of carbonyl (C=O) groups is 3. The van der Waals surface area contributed by atoms with Crippen molar-refractivity contribution in [2.45, 2.75) is 125 Å². The zero-order chi connectivity index (χ0) is 27.6. The van der Waals surface area contributed by atoms with E-state index in [0.717, 1.165) is 24.0 Å². The molecule has 0 spiro atoms. The van der Waals surface area contributed by atoms with Crippen molar-refractivity contribution >= 4 is 17.9 Å². The molecule has 36 heavy (non-hydrogen) atoms. The van der Waals surface area contributed by atoms with Crippen molar-refractivity contribution in [2.24, 2.45) is 5.92 Å². The third-order valence-electron chi connectivity index (χ3n) is 6.50.